The SMILES string of the molecule is CCn1nc(-c2cccc(Cl)c2)c(C(C)=O)c(Nc2cccnc2C)c1=O. The molecule has 0 spiro atoms. The second-order valence-corrected chi connectivity index (χ2v) is 6.48. The van der Waals surface area contributed by atoms with E-state index >= 15 is 0 Å². The number of carbonyl (C=O) groups is 1. The largest absolute Gasteiger partial charge is 0.349 e. The highest BCUT2D eigenvalue weighted by Gasteiger charge is 2.22. The summed E-state index contributed by atoms with van der Waals surface area (Å²) in [5.41, 5.74) is 2.51. The van der Waals surface area contributed by atoms with Crippen molar-refractivity contribution < 1.29 is 4.79 Å². The summed E-state index contributed by atoms with van der Waals surface area (Å²) in [6.45, 7) is 5.43. The number of nitrogens with zero attached hydrogens (tertiary/aromatic N) is 3. The lowest BCUT2D eigenvalue weighted by atomic mass is 10.0. The Hall–Kier alpha value is -2.99. The molecule has 3 aromatic rings. The zero-order valence-corrected chi connectivity index (χ0v) is 16.0. The van der Waals surface area contributed by atoms with Gasteiger partial charge in [-0.05, 0) is 45.0 Å². The number of pyridine rings is 1. The number of ketones is 1. The van der Waals surface area contributed by atoms with E-state index in [-0.39, 0.29) is 22.6 Å². The van der Waals surface area contributed by atoms with Crippen LogP contribution in [0.1, 0.15) is 29.9 Å². The summed E-state index contributed by atoms with van der Waals surface area (Å²) >= 11 is 6.12. The molecule has 0 bridgehead atoms. The van der Waals surface area contributed by atoms with Crippen LogP contribution in [0, 0.1) is 6.92 Å². The lowest BCUT2D eigenvalue weighted by Crippen LogP contribution is -2.28. The Morgan fingerprint density at radius 2 is 2.04 bits per heavy atom. The number of carbonyl (C=O) groups excluding carboxylic acids is 1. The molecule has 7 heteroatoms. The van der Waals surface area contributed by atoms with Crippen molar-refractivity contribution in [3.8, 4) is 11.3 Å². The summed E-state index contributed by atoms with van der Waals surface area (Å²) in [6.07, 6.45) is 1.67. The molecule has 0 atom stereocenters. The van der Waals surface area contributed by atoms with Gasteiger partial charge in [0.25, 0.3) is 5.56 Å². The quantitative estimate of drug-likeness (QED) is 0.668. The summed E-state index contributed by atoms with van der Waals surface area (Å²) in [4.78, 5) is 29.7. The van der Waals surface area contributed by atoms with Crippen LogP contribution >= 0.6 is 11.6 Å². The van der Waals surface area contributed by atoms with Crippen molar-refractivity contribution in [3.63, 3.8) is 0 Å². The number of hydrogen-bond acceptors (Lipinski definition) is 5. The minimum absolute atomic E-state index is 0.186. The van der Waals surface area contributed by atoms with E-state index in [0.717, 1.165) is 5.69 Å². The Kier molecular flexibility index (Phi) is 5.37. The molecule has 27 heavy (non-hydrogen) atoms. The Morgan fingerprint density at radius 3 is 2.67 bits per heavy atom. The molecule has 0 amide bonds. The van der Waals surface area contributed by atoms with Crippen molar-refractivity contribution in [2.75, 3.05) is 5.32 Å². The van der Waals surface area contributed by atoms with Gasteiger partial charge in [0.05, 0.1) is 16.9 Å². The number of rotatable bonds is 5. The molecule has 0 fully saturated rings. The Labute approximate surface area is 161 Å². The van der Waals surface area contributed by atoms with E-state index in [4.69, 9.17) is 11.6 Å². The number of nitrogens with one attached hydrogen (secondary N) is 1. The molecular weight excluding hydrogens is 364 g/mol. The fraction of sp³-hybridized carbons (Fsp3) is 0.200. The van der Waals surface area contributed by atoms with E-state index < -0.39 is 0 Å². The monoisotopic (exact) mass is 382 g/mol. The second kappa shape index (κ2) is 7.72. The first-order valence-electron chi connectivity index (χ1n) is 8.53. The number of benzene rings is 1. The van der Waals surface area contributed by atoms with Gasteiger partial charge in [-0.25, -0.2) is 4.68 Å². The predicted octanol–water partition coefficient (Wildman–Crippen LogP) is 4.23. The van der Waals surface area contributed by atoms with Crippen LogP contribution in [0.25, 0.3) is 11.3 Å². The molecule has 2 aromatic heterocycles. The highest BCUT2D eigenvalue weighted by molar-refractivity contribution is 6.30. The number of anilines is 2. The van der Waals surface area contributed by atoms with Crippen molar-refractivity contribution in [2.24, 2.45) is 0 Å². The van der Waals surface area contributed by atoms with Crippen LogP contribution < -0.4 is 10.9 Å². The second-order valence-electron chi connectivity index (χ2n) is 6.05. The van der Waals surface area contributed by atoms with Gasteiger partial charge in [-0.15, -0.1) is 0 Å². The van der Waals surface area contributed by atoms with Crippen molar-refractivity contribution in [1.82, 2.24) is 14.8 Å². The van der Waals surface area contributed by atoms with Crippen LogP contribution in [0.2, 0.25) is 5.02 Å². The third kappa shape index (κ3) is 3.75. The Bertz CT molecular complexity index is 1080. The first kappa shape index (κ1) is 18.8. The third-order valence-corrected chi connectivity index (χ3v) is 4.41. The number of aromatic nitrogens is 3. The maximum atomic E-state index is 12.9. The molecule has 3 rings (SSSR count). The van der Waals surface area contributed by atoms with Crippen LogP contribution in [0.4, 0.5) is 11.4 Å². The Balaban J connectivity index is 2.31. The zero-order valence-electron chi connectivity index (χ0n) is 15.3. The summed E-state index contributed by atoms with van der Waals surface area (Å²) in [7, 11) is 0. The molecule has 0 radical (unpaired) electrons. The smallest absolute Gasteiger partial charge is 0.291 e. The average molecular weight is 383 g/mol. The van der Waals surface area contributed by atoms with E-state index in [1.165, 1.54) is 11.6 Å². The summed E-state index contributed by atoms with van der Waals surface area (Å²) < 4.78 is 1.33. The number of Topliss-reactive ketones (excluding diaryl/α,β-unsaturated/α-hetero) is 1. The minimum atomic E-state index is -0.364. The predicted molar refractivity (Wildman–Crippen MR) is 107 cm³/mol. The minimum Gasteiger partial charge on any atom is -0.349 e. The molecule has 0 saturated carbocycles. The van der Waals surface area contributed by atoms with E-state index in [1.807, 2.05) is 26.0 Å². The van der Waals surface area contributed by atoms with Crippen LogP contribution in [-0.4, -0.2) is 20.5 Å². The van der Waals surface area contributed by atoms with Gasteiger partial charge >= 0.3 is 0 Å². The number of halogens is 1. The maximum Gasteiger partial charge on any atom is 0.291 e. The van der Waals surface area contributed by atoms with Crippen molar-refractivity contribution >= 4 is 28.8 Å². The topological polar surface area (TPSA) is 76.9 Å². The highest BCUT2D eigenvalue weighted by Crippen LogP contribution is 2.29. The van der Waals surface area contributed by atoms with Crippen LogP contribution in [0.15, 0.2) is 47.4 Å². The van der Waals surface area contributed by atoms with E-state index in [1.54, 1.807) is 30.5 Å². The fourth-order valence-electron chi connectivity index (χ4n) is 2.83. The number of hydrogen-bond donors (Lipinski definition) is 1. The average Bonchev–Trinajstić information content (AvgIpc) is 2.64. The van der Waals surface area contributed by atoms with Gasteiger partial charge in [-0.3, -0.25) is 14.6 Å². The first-order chi connectivity index (χ1) is 12.9. The zero-order chi connectivity index (χ0) is 19.6. The fourth-order valence-corrected chi connectivity index (χ4v) is 3.02. The molecule has 138 valence electrons. The molecule has 0 aliphatic carbocycles. The van der Waals surface area contributed by atoms with Gasteiger partial charge in [-0.2, -0.15) is 5.10 Å². The third-order valence-electron chi connectivity index (χ3n) is 4.17. The summed E-state index contributed by atoms with van der Waals surface area (Å²) in [6, 6.07) is 10.6. The van der Waals surface area contributed by atoms with Crippen molar-refractivity contribution in [1.29, 1.82) is 0 Å². The molecule has 0 aliphatic heterocycles. The first-order valence-corrected chi connectivity index (χ1v) is 8.90. The van der Waals surface area contributed by atoms with Crippen molar-refractivity contribution in [2.45, 2.75) is 27.3 Å². The molecule has 2 heterocycles. The van der Waals surface area contributed by atoms with Gasteiger partial charge in [0.2, 0.25) is 0 Å². The molecule has 0 aliphatic rings. The van der Waals surface area contributed by atoms with Gasteiger partial charge in [0, 0.05) is 23.3 Å². The number of aryl methyl sites for hydroxylation is 2. The van der Waals surface area contributed by atoms with Gasteiger partial charge in [0.15, 0.2) is 5.78 Å². The molecule has 1 aromatic carbocycles. The van der Waals surface area contributed by atoms with Crippen molar-refractivity contribution in [3.05, 3.63) is 69.2 Å². The van der Waals surface area contributed by atoms with E-state index in [0.29, 0.717) is 28.5 Å². The molecule has 0 saturated heterocycles. The van der Waals surface area contributed by atoms with Gasteiger partial charge < -0.3 is 5.32 Å². The van der Waals surface area contributed by atoms with Crippen LogP contribution in [-0.2, 0) is 6.54 Å². The summed E-state index contributed by atoms with van der Waals surface area (Å²) in [5, 5.41) is 8.04. The molecule has 1 N–H and O–H groups in total. The van der Waals surface area contributed by atoms with E-state index in [9.17, 15) is 9.59 Å². The lowest BCUT2D eigenvalue weighted by molar-refractivity contribution is 0.101. The maximum absolute atomic E-state index is 12.9. The summed E-state index contributed by atoms with van der Waals surface area (Å²) in [5.74, 6) is -0.262. The van der Waals surface area contributed by atoms with Crippen LogP contribution in [0.3, 0.4) is 0 Å². The molecule has 0 unspecified atom stereocenters. The van der Waals surface area contributed by atoms with Gasteiger partial charge in [0.1, 0.15) is 11.4 Å². The van der Waals surface area contributed by atoms with E-state index in [2.05, 4.69) is 15.4 Å². The van der Waals surface area contributed by atoms with Crippen LogP contribution in [0.5, 0.6) is 0 Å². The standard InChI is InChI=1S/C20H19ClN4O2/c1-4-25-20(27)19(23-16-9-6-10-22-12(16)2)17(13(3)26)18(24-25)14-7-5-8-15(21)11-14/h5-11,23H,4H2,1-3H3. The normalized spacial score (nSPS) is 10.7. The van der Waals surface area contributed by atoms with Gasteiger partial charge in [-0.1, -0.05) is 23.7 Å². The molecular formula is C20H19ClN4O2. The highest BCUT2D eigenvalue weighted by atomic mass is 35.5. The Morgan fingerprint density at radius 1 is 1.26 bits per heavy atom. The lowest BCUT2D eigenvalue weighted by Gasteiger charge is -2.16. The molecule has 6 nitrogen and oxygen atoms in total.